The van der Waals surface area contributed by atoms with Gasteiger partial charge in [0.05, 0.1) is 18.8 Å². The average molecular weight is 282 g/mol. The molecule has 0 spiro atoms. The molecule has 0 radical (unpaired) electrons. The van der Waals surface area contributed by atoms with E-state index >= 15 is 0 Å². The number of nitrogens with zero attached hydrogens (tertiary/aromatic N) is 4. The van der Waals surface area contributed by atoms with Crippen LogP contribution < -0.4 is 0 Å². The lowest BCUT2D eigenvalue weighted by molar-refractivity contribution is -0.0874. The maximum absolute atomic E-state index is 10.4. The Hall–Kier alpha value is -0.980. The average Bonchev–Trinajstić information content (AvgIpc) is 2.85. The summed E-state index contributed by atoms with van der Waals surface area (Å²) in [4.78, 5) is 6.57. The van der Waals surface area contributed by atoms with Crippen molar-refractivity contribution < 1.29 is 9.84 Å². The molecule has 1 aromatic heterocycles. The summed E-state index contributed by atoms with van der Waals surface area (Å²) >= 11 is 0. The number of ether oxygens (including phenoxy) is 1. The number of likely N-dealkylation sites (N-methyl/N-ethyl adjacent to an activating group) is 1. The molecule has 6 heteroatoms. The van der Waals surface area contributed by atoms with Crippen LogP contribution in [0.4, 0.5) is 0 Å². The Balaban J connectivity index is 1.93. The first kappa shape index (κ1) is 15.4. The molecule has 0 saturated carbocycles. The van der Waals surface area contributed by atoms with Crippen LogP contribution in [0.2, 0.25) is 0 Å². The Bertz CT molecular complexity index is 408. The normalized spacial score (nSPS) is 22.4. The maximum atomic E-state index is 10.4. The van der Waals surface area contributed by atoms with Gasteiger partial charge in [0.15, 0.2) is 0 Å². The van der Waals surface area contributed by atoms with Crippen LogP contribution in [0.1, 0.15) is 26.6 Å². The highest BCUT2D eigenvalue weighted by Gasteiger charge is 2.27. The number of aromatic nitrogens is 3. The minimum atomic E-state index is -0.528. The maximum Gasteiger partial charge on any atom is 0.138 e. The van der Waals surface area contributed by atoms with Gasteiger partial charge in [0.2, 0.25) is 0 Å². The lowest BCUT2D eigenvalue weighted by atomic mass is 10.1. The van der Waals surface area contributed by atoms with Gasteiger partial charge in [-0.1, -0.05) is 20.8 Å². The summed E-state index contributed by atoms with van der Waals surface area (Å²) in [7, 11) is 0. The summed E-state index contributed by atoms with van der Waals surface area (Å²) in [6, 6.07) is 0. The zero-order chi connectivity index (χ0) is 14.5. The standard InChI is InChI=1S/C14H26N4O2/c1-4-17-5-6-20-13(9-17)12(19)7-14-15-10-16-18(14)8-11(2)3/h10-13,19H,4-9H2,1-3H3. The Morgan fingerprint density at radius 3 is 3.00 bits per heavy atom. The monoisotopic (exact) mass is 282 g/mol. The molecule has 2 unspecified atom stereocenters. The van der Waals surface area contributed by atoms with E-state index in [9.17, 15) is 5.11 Å². The predicted octanol–water partition coefficient (Wildman–Crippen LogP) is 0.558. The topological polar surface area (TPSA) is 63.4 Å². The minimum absolute atomic E-state index is 0.132. The smallest absolute Gasteiger partial charge is 0.138 e. The van der Waals surface area contributed by atoms with E-state index in [0.29, 0.717) is 18.9 Å². The lowest BCUT2D eigenvalue weighted by Crippen LogP contribution is -2.48. The highest BCUT2D eigenvalue weighted by Crippen LogP contribution is 2.13. The summed E-state index contributed by atoms with van der Waals surface area (Å²) in [5.41, 5.74) is 0. The molecule has 0 amide bonds. The molecule has 20 heavy (non-hydrogen) atoms. The zero-order valence-corrected chi connectivity index (χ0v) is 12.7. The van der Waals surface area contributed by atoms with E-state index in [0.717, 1.165) is 32.0 Å². The van der Waals surface area contributed by atoms with Gasteiger partial charge in [-0.25, -0.2) is 9.67 Å². The fourth-order valence-corrected chi connectivity index (χ4v) is 2.51. The number of hydrogen-bond donors (Lipinski definition) is 1. The minimum Gasteiger partial charge on any atom is -0.390 e. The third-order valence-corrected chi connectivity index (χ3v) is 3.68. The molecule has 6 nitrogen and oxygen atoms in total. The van der Waals surface area contributed by atoms with Crippen molar-refractivity contribution in [2.75, 3.05) is 26.2 Å². The van der Waals surface area contributed by atoms with Gasteiger partial charge in [-0.05, 0) is 12.5 Å². The second-order valence-electron chi connectivity index (χ2n) is 5.83. The van der Waals surface area contributed by atoms with Crippen LogP contribution in [-0.4, -0.2) is 63.2 Å². The van der Waals surface area contributed by atoms with Crippen molar-refractivity contribution >= 4 is 0 Å². The molecule has 2 heterocycles. The van der Waals surface area contributed by atoms with Gasteiger partial charge in [-0.15, -0.1) is 0 Å². The van der Waals surface area contributed by atoms with Crippen molar-refractivity contribution in [3.8, 4) is 0 Å². The molecule has 2 atom stereocenters. The SMILES string of the molecule is CCN1CCOC(C(O)Cc2ncnn2CC(C)C)C1. The van der Waals surface area contributed by atoms with E-state index in [2.05, 4.69) is 35.8 Å². The van der Waals surface area contributed by atoms with Crippen molar-refractivity contribution in [2.45, 2.75) is 45.9 Å². The van der Waals surface area contributed by atoms with Gasteiger partial charge in [-0.2, -0.15) is 5.10 Å². The van der Waals surface area contributed by atoms with Gasteiger partial charge < -0.3 is 9.84 Å². The molecule has 0 bridgehead atoms. The fourth-order valence-electron chi connectivity index (χ4n) is 2.51. The van der Waals surface area contributed by atoms with Crippen molar-refractivity contribution in [1.82, 2.24) is 19.7 Å². The van der Waals surface area contributed by atoms with E-state index in [-0.39, 0.29) is 6.10 Å². The van der Waals surface area contributed by atoms with E-state index in [1.165, 1.54) is 0 Å². The molecule has 2 rings (SSSR count). The van der Waals surface area contributed by atoms with Crippen LogP contribution in [0, 0.1) is 5.92 Å². The van der Waals surface area contributed by atoms with Gasteiger partial charge in [0.1, 0.15) is 12.2 Å². The number of rotatable bonds is 6. The molecule has 1 fully saturated rings. The fraction of sp³-hybridized carbons (Fsp3) is 0.857. The molecule has 1 aliphatic heterocycles. The van der Waals surface area contributed by atoms with Gasteiger partial charge in [0, 0.05) is 26.1 Å². The van der Waals surface area contributed by atoms with Gasteiger partial charge in [0.25, 0.3) is 0 Å². The number of hydrogen-bond acceptors (Lipinski definition) is 5. The van der Waals surface area contributed by atoms with Crippen molar-refractivity contribution in [3.05, 3.63) is 12.2 Å². The third kappa shape index (κ3) is 4.01. The van der Waals surface area contributed by atoms with Crippen LogP contribution in [0.25, 0.3) is 0 Å². The Morgan fingerprint density at radius 1 is 1.50 bits per heavy atom. The summed E-state index contributed by atoms with van der Waals surface area (Å²) in [6.07, 6.45) is 1.40. The molecule has 114 valence electrons. The van der Waals surface area contributed by atoms with Crippen LogP contribution >= 0.6 is 0 Å². The first-order valence-electron chi connectivity index (χ1n) is 7.48. The van der Waals surface area contributed by atoms with E-state index in [4.69, 9.17) is 4.74 Å². The molecule has 1 N–H and O–H groups in total. The molecule has 1 aliphatic rings. The van der Waals surface area contributed by atoms with Crippen molar-refractivity contribution in [1.29, 1.82) is 0 Å². The summed E-state index contributed by atoms with van der Waals surface area (Å²) in [5, 5.41) is 14.6. The Morgan fingerprint density at radius 2 is 2.30 bits per heavy atom. The largest absolute Gasteiger partial charge is 0.390 e. The second kappa shape index (κ2) is 7.15. The molecular formula is C14H26N4O2. The highest BCUT2D eigenvalue weighted by atomic mass is 16.5. The van der Waals surface area contributed by atoms with Gasteiger partial charge >= 0.3 is 0 Å². The highest BCUT2D eigenvalue weighted by molar-refractivity contribution is 4.91. The van der Waals surface area contributed by atoms with Crippen LogP contribution in [0.3, 0.4) is 0 Å². The predicted molar refractivity (Wildman–Crippen MR) is 76.4 cm³/mol. The van der Waals surface area contributed by atoms with Gasteiger partial charge in [-0.3, -0.25) is 4.90 Å². The molecule has 0 aromatic carbocycles. The number of morpholine rings is 1. The molecule has 1 saturated heterocycles. The zero-order valence-electron chi connectivity index (χ0n) is 12.7. The quantitative estimate of drug-likeness (QED) is 0.826. The first-order valence-corrected chi connectivity index (χ1v) is 7.48. The van der Waals surface area contributed by atoms with E-state index < -0.39 is 6.10 Å². The second-order valence-corrected chi connectivity index (χ2v) is 5.83. The third-order valence-electron chi connectivity index (χ3n) is 3.68. The lowest BCUT2D eigenvalue weighted by Gasteiger charge is -2.34. The Kier molecular flexibility index (Phi) is 5.51. The molecule has 1 aromatic rings. The van der Waals surface area contributed by atoms with Crippen LogP contribution in [0.15, 0.2) is 6.33 Å². The van der Waals surface area contributed by atoms with Crippen LogP contribution in [-0.2, 0) is 17.7 Å². The van der Waals surface area contributed by atoms with Crippen molar-refractivity contribution in [2.24, 2.45) is 5.92 Å². The summed E-state index contributed by atoms with van der Waals surface area (Å²) in [6.45, 7) is 10.7. The number of aliphatic hydroxyl groups excluding tert-OH is 1. The Labute approximate surface area is 120 Å². The summed E-state index contributed by atoms with van der Waals surface area (Å²) in [5.74, 6) is 1.34. The molecular weight excluding hydrogens is 256 g/mol. The van der Waals surface area contributed by atoms with Crippen LogP contribution in [0.5, 0.6) is 0 Å². The number of aliphatic hydroxyl groups is 1. The first-order chi connectivity index (χ1) is 9.60. The van der Waals surface area contributed by atoms with Crippen molar-refractivity contribution in [3.63, 3.8) is 0 Å². The summed E-state index contributed by atoms with van der Waals surface area (Å²) < 4.78 is 7.58. The van der Waals surface area contributed by atoms with E-state index in [1.54, 1.807) is 6.33 Å². The van der Waals surface area contributed by atoms with E-state index in [1.807, 2.05) is 4.68 Å². The molecule has 0 aliphatic carbocycles.